The highest BCUT2D eigenvalue weighted by atomic mass is 16.6. The van der Waals surface area contributed by atoms with Crippen LogP contribution in [0.3, 0.4) is 0 Å². The summed E-state index contributed by atoms with van der Waals surface area (Å²) in [6, 6.07) is 0. The van der Waals surface area contributed by atoms with Gasteiger partial charge in [0.2, 0.25) is 0 Å². The Kier molecular flexibility index (Phi) is 9.01. The predicted molar refractivity (Wildman–Crippen MR) is 78.6 cm³/mol. The molecule has 0 aliphatic rings. The van der Waals surface area contributed by atoms with Crippen LogP contribution in [0.15, 0.2) is 0 Å². The van der Waals surface area contributed by atoms with Crippen molar-refractivity contribution in [2.24, 2.45) is 0 Å². The van der Waals surface area contributed by atoms with Crippen LogP contribution in [-0.4, -0.2) is 42.8 Å². The lowest BCUT2D eigenvalue weighted by molar-refractivity contribution is -0.143. The summed E-state index contributed by atoms with van der Waals surface area (Å²) < 4.78 is 10.3. The fraction of sp³-hybridized carbons (Fsp3) is 0.867. The maximum atomic E-state index is 11.7. The number of carbonyl (C=O) groups excluding carboxylic acids is 2. The molecule has 1 amide bonds. The largest absolute Gasteiger partial charge is 0.466 e. The zero-order valence-corrected chi connectivity index (χ0v) is 13.5. The Bertz CT molecular complexity index is 297. The zero-order valence-electron chi connectivity index (χ0n) is 13.5. The maximum absolute atomic E-state index is 11.7. The molecule has 0 fully saturated rings. The molecule has 0 heterocycles. The monoisotopic (exact) mass is 287 g/mol. The number of rotatable bonds is 8. The maximum Gasteiger partial charge on any atom is 0.410 e. The molecule has 118 valence electrons. The Morgan fingerprint density at radius 3 is 2.30 bits per heavy atom. The van der Waals surface area contributed by atoms with E-state index in [0.29, 0.717) is 19.6 Å². The van der Waals surface area contributed by atoms with Crippen LogP contribution in [0.5, 0.6) is 0 Å². The number of amides is 1. The third-order valence-corrected chi connectivity index (χ3v) is 2.59. The molecule has 5 heteroatoms. The summed E-state index contributed by atoms with van der Waals surface area (Å²) in [5.41, 5.74) is -0.478. The average Bonchev–Trinajstić information content (AvgIpc) is 2.32. The Hall–Kier alpha value is -1.26. The van der Waals surface area contributed by atoms with Gasteiger partial charge in [-0.2, -0.15) is 0 Å². The Labute approximate surface area is 122 Å². The Balaban J connectivity index is 3.68. The quantitative estimate of drug-likeness (QED) is 0.507. The van der Waals surface area contributed by atoms with Gasteiger partial charge in [0.25, 0.3) is 0 Å². The van der Waals surface area contributed by atoms with Crippen molar-refractivity contribution in [3.05, 3.63) is 0 Å². The van der Waals surface area contributed by atoms with Gasteiger partial charge in [-0.3, -0.25) is 4.79 Å². The molecule has 5 nitrogen and oxygen atoms in total. The summed E-state index contributed by atoms with van der Waals surface area (Å²) >= 11 is 0. The Morgan fingerprint density at radius 2 is 1.75 bits per heavy atom. The third-order valence-electron chi connectivity index (χ3n) is 2.59. The van der Waals surface area contributed by atoms with Crippen molar-refractivity contribution in [2.75, 3.05) is 20.2 Å². The number of hydrogen-bond acceptors (Lipinski definition) is 4. The van der Waals surface area contributed by atoms with Gasteiger partial charge < -0.3 is 14.4 Å². The van der Waals surface area contributed by atoms with Gasteiger partial charge in [0.15, 0.2) is 0 Å². The van der Waals surface area contributed by atoms with E-state index in [0.717, 1.165) is 25.7 Å². The van der Waals surface area contributed by atoms with E-state index >= 15 is 0 Å². The van der Waals surface area contributed by atoms with Crippen LogP contribution in [-0.2, 0) is 14.3 Å². The second kappa shape index (κ2) is 9.61. The summed E-state index contributed by atoms with van der Waals surface area (Å²) in [5.74, 6) is -0.154. The summed E-state index contributed by atoms with van der Waals surface area (Å²) in [4.78, 5) is 24.6. The van der Waals surface area contributed by atoms with Gasteiger partial charge in [-0.25, -0.2) is 4.79 Å². The van der Waals surface area contributed by atoms with Crippen molar-refractivity contribution >= 4 is 12.1 Å². The minimum absolute atomic E-state index is 0.154. The second-order valence-corrected chi connectivity index (χ2v) is 5.93. The molecular formula is C15H29NO4. The van der Waals surface area contributed by atoms with E-state index in [2.05, 4.69) is 6.92 Å². The molecule has 0 aromatic rings. The number of esters is 1. The van der Waals surface area contributed by atoms with Gasteiger partial charge in [-0.1, -0.05) is 13.3 Å². The van der Waals surface area contributed by atoms with E-state index in [-0.39, 0.29) is 12.1 Å². The molecule has 0 unspecified atom stereocenters. The highest BCUT2D eigenvalue weighted by molar-refractivity contribution is 5.69. The Morgan fingerprint density at radius 1 is 1.10 bits per heavy atom. The SMILES string of the molecule is CCCCOC(=O)CCCCN(C)C(=O)OC(C)(C)C. The molecule has 0 bridgehead atoms. The van der Waals surface area contributed by atoms with Crippen molar-refractivity contribution in [1.82, 2.24) is 4.90 Å². The third kappa shape index (κ3) is 10.6. The minimum Gasteiger partial charge on any atom is -0.466 e. The van der Waals surface area contributed by atoms with Crippen LogP contribution >= 0.6 is 0 Å². The number of ether oxygens (including phenoxy) is 2. The van der Waals surface area contributed by atoms with Crippen molar-refractivity contribution in [3.8, 4) is 0 Å². The van der Waals surface area contributed by atoms with Crippen LogP contribution < -0.4 is 0 Å². The van der Waals surface area contributed by atoms with E-state index in [9.17, 15) is 9.59 Å². The first-order valence-electron chi connectivity index (χ1n) is 7.36. The lowest BCUT2D eigenvalue weighted by Gasteiger charge is -2.24. The number of hydrogen-bond donors (Lipinski definition) is 0. The first-order valence-corrected chi connectivity index (χ1v) is 7.36. The molecule has 0 saturated carbocycles. The summed E-state index contributed by atoms with van der Waals surface area (Å²) in [6.45, 7) is 8.66. The molecule has 0 spiro atoms. The summed E-state index contributed by atoms with van der Waals surface area (Å²) in [7, 11) is 1.70. The molecule has 0 atom stereocenters. The molecule has 0 radical (unpaired) electrons. The van der Waals surface area contributed by atoms with Crippen molar-refractivity contribution < 1.29 is 19.1 Å². The normalized spacial score (nSPS) is 11.1. The van der Waals surface area contributed by atoms with Gasteiger partial charge in [0.05, 0.1) is 6.61 Å². The molecule has 0 aromatic heterocycles. The van der Waals surface area contributed by atoms with Crippen LogP contribution in [0.1, 0.15) is 59.8 Å². The predicted octanol–water partition coefficient (Wildman–Crippen LogP) is 3.37. The van der Waals surface area contributed by atoms with Gasteiger partial charge in [0, 0.05) is 20.0 Å². The van der Waals surface area contributed by atoms with Crippen molar-refractivity contribution in [1.29, 1.82) is 0 Å². The van der Waals surface area contributed by atoms with Crippen molar-refractivity contribution in [2.45, 2.75) is 65.4 Å². The zero-order chi connectivity index (χ0) is 15.6. The van der Waals surface area contributed by atoms with Gasteiger partial charge in [-0.15, -0.1) is 0 Å². The van der Waals surface area contributed by atoms with Crippen LogP contribution in [0.4, 0.5) is 4.79 Å². The average molecular weight is 287 g/mol. The van der Waals surface area contributed by atoms with E-state index in [1.807, 2.05) is 20.8 Å². The second-order valence-electron chi connectivity index (χ2n) is 5.93. The molecule has 0 aromatic carbocycles. The van der Waals surface area contributed by atoms with Crippen LogP contribution in [0.2, 0.25) is 0 Å². The number of unbranched alkanes of at least 4 members (excludes halogenated alkanes) is 2. The highest BCUT2D eigenvalue weighted by Gasteiger charge is 2.19. The van der Waals surface area contributed by atoms with Crippen molar-refractivity contribution in [3.63, 3.8) is 0 Å². The summed E-state index contributed by atoms with van der Waals surface area (Å²) in [6.07, 6.45) is 3.49. The highest BCUT2D eigenvalue weighted by Crippen LogP contribution is 2.09. The molecule has 20 heavy (non-hydrogen) atoms. The first kappa shape index (κ1) is 18.7. The smallest absolute Gasteiger partial charge is 0.410 e. The van der Waals surface area contributed by atoms with Gasteiger partial charge >= 0.3 is 12.1 Å². The molecular weight excluding hydrogens is 258 g/mol. The minimum atomic E-state index is -0.478. The molecule has 0 aliphatic heterocycles. The van der Waals surface area contributed by atoms with Gasteiger partial charge in [0.1, 0.15) is 5.60 Å². The molecule has 0 saturated heterocycles. The number of carbonyl (C=O) groups is 2. The molecule has 0 N–H and O–H groups in total. The van der Waals surface area contributed by atoms with E-state index in [1.54, 1.807) is 7.05 Å². The van der Waals surface area contributed by atoms with E-state index in [1.165, 1.54) is 4.90 Å². The summed E-state index contributed by atoms with van der Waals surface area (Å²) in [5, 5.41) is 0. The molecule has 0 aliphatic carbocycles. The lowest BCUT2D eigenvalue weighted by atomic mass is 10.2. The topological polar surface area (TPSA) is 55.8 Å². The van der Waals surface area contributed by atoms with Crippen LogP contribution in [0.25, 0.3) is 0 Å². The number of nitrogens with zero attached hydrogens (tertiary/aromatic N) is 1. The van der Waals surface area contributed by atoms with E-state index < -0.39 is 5.60 Å². The van der Waals surface area contributed by atoms with E-state index in [4.69, 9.17) is 9.47 Å². The molecule has 0 rings (SSSR count). The fourth-order valence-corrected chi connectivity index (χ4v) is 1.45. The van der Waals surface area contributed by atoms with Crippen LogP contribution in [0, 0.1) is 0 Å². The lowest BCUT2D eigenvalue weighted by Crippen LogP contribution is -2.34. The van der Waals surface area contributed by atoms with Gasteiger partial charge in [-0.05, 0) is 40.0 Å². The fourth-order valence-electron chi connectivity index (χ4n) is 1.45. The standard InChI is InChI=1S/C15H29NO4/c1-6-7-12-19-13(17)10-8-9-11-16(5)14(18)20-15(2,3)4/h6-12H2,1-5H3. The first-order chi connectivity index (χ1) is 9.26.